The molecule has 0 saturated carbocycles. The van der Waals surface area contributed by atoms with Crippen molar-refractivity contribution in [2.45, 2.75) is 26.3 Å². The Kier molecular flexibility index (Phi) is 4.34. The second-order valence-corrected chi connectivity index (χ2v) is 4.45. The van der Waals surface area contributed by atoms with E-state index in [4.69, 9.17) is 4.74 Å². The molecular formula is C14H18N4O2. The molecule has 6 nitrogen and oxygen atoms in total. The highest BCUT2D eigenvalue weighted by molar-refractivity contribution is 5.79. The summed E-state index contributed by atoms with van der Waals surface area (Å²) in [6.45, 7) is 3.78. The van der Waals surface area contributed by atoms with Crippen LogP contribution in [0.1, 0.15) is 19.2 Å². The van der Waals surface area contributed by atoms with E-state index in [1.54, 1.807) is 0 Å². The number of carbonyl (C=O) groups excluding carboxylic acids is 1. The van der Waals surface area contributed by atoms with E-state index in [1.807, 2.05) is 38.1 Å². The van der Waals surface area contributed by atoms with Crippen LogP contribution in [0.3, 0.4) is 0 Å². The highest BCUT2D eigenvalue weighted by atomic mass is 16.5. The lowest BCUT2D eigenvalue weighted by Crippen LogP contribution is -2.29. The van der Waals surface area contributed by atoms with E-state index in [1.165, 1.54) is 7.11 Å². The van der Waals surface area contributed by atoms with Crippen LogP contribution in [0.2, 0.25) is 0 Å². The van der Waals surface area contributed by atoms with Gasteiger partial charge in [0.15, 0.2) is 5.82 Å². The fourth-order valence-electron chi connectivity index (χ4n) is 1.89. The first-order valence-corrected chi connectivity index (χ1v) is 6.47. The summed E-state index contributed by atoms with van der Waals surface area (Å²) < 4.78 is 4.76. The van der Waals surface area contributed by atoms with Crippen LogP contribution in [0.4, 0.5) is 5.69 Å². The van der Waals surface area contributed by atoms with E-state index in [9.17, 15) is 4.79 Å². The molecule has 1 unspecified atom stereocenters. The number of benzene rings is 1. The third-order valence-corrected chi connectivity index (χ3v) is 2.95. The Morgan fingerprint density at radius 1 is 1.50 bits per heavy atom. The van der Waals surface area contributed by atoms with Crippen LogP contribution in [0.25, 0.3) is 11.4 Å². The summed E-state index contributed by atoms with van der Waals surface area (Å²) in [5.74, 6) is 1.13. The lowest BCUT2D eigenvalue weighted by atomic mass is 10.1. The molecule has 0 aliphatic carbocycles. The molecule has 0 bridgehead atoms. The van der Waals surface area contributed by atoms with E-state index in [2.05, 4.69) is 20.5 Å². The highest BCUT2D eigenvalue weighted by Crippen LogP contribution is 2.20. The van der Waals surface area contributed by atoms with E-state index in [-0.39, 0.29) is 12.0 Å². The van der Waals surface area contributed by atoms with E-state index >= 15 is 0 Å². The molecule has 0 fully saturated rings. The fourth-order valence-corrected chi connectivity index (χ4v) is 1.89. The molecule has 106 valence electrons. The minimum atomic E-state index is -0.357. The second kappa shape index (κ2) is 6.18. The van der Waals surface area contributed by atoms with Crippen molar-refractivity contribution >= 4 is 11.7 Å². The summed E-state index contributed by atoms with van der Waals surface area (Å²) in [6.07, 6.45) is 0.649. The Labute approximate surface area is 117 Å². The number of methoxy groups -OCH3 is 1. The number of rotatable bonds is 5. The molecule has 2 aromatic rings. The topological polar surface area (TPSA) is 79.9 Å². The molecule has 0 aliphatic heterocycles. The summed E-state index contributed by atoms with van der Waals surface area (Å²) >= 11 is 0. The summed E-state index contributed by atoms with van der Waals surface area (Å²) in [6, 6.07) is 7.27. The molecule has 2 N–H and O–H groups in total. The molecule has 1 aromatic carbocycles. The Balaban J connectivity index is 2.19. The maximum absolute atomic E-state index is 11.6. The lowest BCUT2D eigenvalue weighted by Gasteiger charge is -2.16. The maximum atomic E-state index is 11.6. The molecule has 1 aromatic heterocycles. The van der Waals surface area contributed by atoms with Crippen molar-refractivity contribution in [2.75, 3.05) is 12.4 Å². The Morgan fingerprint density at radius 2 is 2.30 bits per heavy atom. The van der Waals surface area contributed by atoms with E-state index in [0.29, 0.717) is 12.2 Å². The number of nitrogens with zero attached hydrogens (tertiary/aromatic N) is 2. The molecule has 0 saturated heterocycles. The number of carbonyl (C=O) groups is 1. The molecule has 2 rings (SSSR count). The zero-order valence-corrected chi connectivity index (χ0v) is 11.8. The largest absolute Gasteiger partial charge is 0.467 e. The molecule has 1 atom stereocenters. The number of aromatic amines is 1. The van der Waals surface area contributed by atoms with Crippen LogP contribution in [0, 0.1) is 6.92 Å². The van der Waals surface area contributed by atoms with Crippen molar-refractivity contribution in [1.82, 2.24) is 15.2 Å². The van der Waals surface area contributed by atoms with Gasteiger partial charge in [0.05, 0.1) is 7.11 Å². The van der Waals surface area contributed by atoms with Gasteiger partial charge in [0, 0.05) is 11.3 Å². The lowest BCUT2D eigenvalue weighted by molar-refractivity contribution is -0.141. The molecule has 0 radical (unpaired) electrons. The number of esters is 1. The molecule has 6 heteroatoms. The van der Waals surface area contributed by atoms with Crippen molar-refractivity contribution in [1.29, 1.82) is 0 Å². The second-order valence-electron chi connectivity index (χ2n) is 4.45. The Bertz CT molecular complexity index is 594. The van der Waals surface area contributed by atoms with Crippen LogP contribution in [0.5, 0.6) is 0 Å². The first kappa shape index (κ1) is 14.0. The van der Waals surface area contributed by atoms with Gasteiger partial charge in [0.1, 0.15) is 11.9 Å². The first-order chi connectivity index (χ1) is 9.63. The normalized spacial score (nSPS) is 11.9. The van der Waals surface area contributed by atoms with Gasteiger partial charge in [-0.05, 0) is 25.5 Å². The Morgan fingerprint density at radius 3 is 2.90 bits per heavy atom. The van der Waals surface area contributed by atoms with Crippen LogP contribution in [0.15, 0.2) is 24.3 Å². The summed E-state index contributed by atoms with van der Waals surface area (Å²) in [5, 5.41) is 10.1. The van der Waals surface area contributed by atoms with Gasteiger partial charge in [-0.3, -0.25) is 5.10 Å². The number of anilines is 1. The van der Waals surface area contributed by atoms with Gasteiger partial charge in [-0.2, -0.15) is 5.10 Å². The number of aromatic nitrogens is 3. The summed E-state index contributed by atoms with van der Waals surface area (Å²) in [7, 11) is 1.39. The number of H-pyrrole nitrogens is 1. The third-order valence-electron chi connectivity index (χ3n) is 2.95. The smallest absolute Gasteiger partial charge is 0.328 e. The molecule has 0 aliphatic rings. The Hall–Kier alpha value is -2.37. The van der Waals surface area contributed by atoms with E-state index in [0.717, 1.165) is 17.1 Å². The minimum Gasteiger partial charge on any atom is -0.467 e. The predicted molar refractivity (Wildman–Crippen MR) is 76.3 cm³/mol. The molecular weight excluding hydrogens is 256 g/mol. The zero-order chi connectivity index (χ0) is 14.5. The number of hydrogen-bond donors (Lipinski definition) is 2. The molecule has 0 spiro atoms. The van der Waals surface area contributed by atoms with Gasteiger partial charge in [-0.25, -0.2) is 9.78 Å². The minimum absolute atomic E-state index is 0.272. The van der Waals surface area contributed by atoms with Gasteiger partial charge < -0.3 is 10.1 Å². The van der Waals surface area contributed by atoms with Crippen LogP contribution in [-0.2, 0) is 9.53 Å². The quantitative estimate of drug-likeness (QED) is 0.817. The molecule has 20 heavy (non-hydrogen) atoms. The van der Waals surface area contributed by atoms with Gasteiger partial charge >= 0.3 is 5.97 Å². The van der Waals surface area contributed by atoms with Crippen molar-refractivity contribution in [3.8, 4) is 11.4 Å². The summed E-state index contributed by atoms with van der Waals surface area (Å²) in [4.78, 5) is 15.9. The average Bonchev–Trinajstić information content (AvgIpc) is 2.91. The predicted octanol–water partition coefficient (Wildman–Crippen LogP) is 2.14. The monoisotopic (exact) mass is 274 g/mol. The molecule has 1 heterocycles. The van der Waals surface area contributed by atoms with Gasteiger partial charge in [-0.15, -0.1) is 0 Å². The van der Waals surface area contributed by atoms with Crippen molar-refractivity contribution in [3.63, 3.8) is 0 Å². The van der Waals surface area contributed by atoms with E-state index < -0.39 is 0 Å². The van der Waals surface area contributed by atoms with Gasteiger partial charge in [-0.1, -0.05) is 19.1 Å². The number of ether oxygens (including phenoxy) is 1. The van der Waals surface area contributed by atoms with Crippen molar-refractivity contribution in [2.24, 2.45) is 0 Å². The van der Waals surface area contributed by atoms with Crippen LogP contribution in [-0.4, -0.2) is 34.3 Å². The number of aryl methyl sites for hydroxylation is 1. The SMILES string of the molecule is CCC(Nc1cccc(-c2n[nH]c(C)n2)c1)C(=O)OC. The number of hydrogen-bond acceptors (Lipinski definition) is 5. The van der Waals surface area contributed by atoms with Crippen molar-refractivity contribution < 1.29 is 9.53 Å². The standard InChI is InChI=1S/C14H18N4O2/c1-4-12(14(19)20-3)16-11-7-5-6-10(8-11)13-15-9(2)17-18-13/h5-8,12,16H,4H2,1-3H3,(H,15,17,18). The average molecular weight is 274 g/mol. The third kappa shape index (κ3) is 3.14. The fraction of sp³-hybridized carbons (Fsp3) is 0.357. The molecule has 0 amide bonds. The van der Waals surface area contributed by atoms with Crippen molar-refractivity contribution in [3.05, 3.63) is 30.1 Å². The maximum Gasteiger partial charge on any atom is 0.328 e. The highest BCUT2D eigenvalue weighted by Gasteiger charge is 2.16. The van der Waals surface area contributed by atoms with Gasteiger partial charge in [0.2, 0.25) is 0 Å². The zero-order valence-electron chi connectivity index (χ0n) is 11.8. The number of nitrogens with one attached hydrogen (secondary N) is 2. The van der Waals surface area contributed by atoms with Crippen LogP contribution >= 0.6 is 0 Å². The first-order valence-electron chi connectivity index (χ1n) is 6.47. The summed E-state index contributed by atoms with van der Waals surface area (Å²) in [5.41, 5.74) is 1.72. The van der Waals surface area contributed by atoms with Gasteiger partial charge in [0.25, 0.3) is 0 Å². The van der Waals surface area contributed by atoms with Crippen LogP contribution < -0.4 is 5.32 Å².